The highest BCUT2D eigenvalue weighted by atomic mass is 19.4. The Hall–Kier alpha value is -1.80. The van der Waals surface area contributed by atoms with Gasteiger partial charge < -0.3 is 4.74 Å². The van der Waals surface area contributed by atoms with Crippen molar-refractivity contribution in [3.05, 3.63) is 28.8 Å². The lowest BCUT2D eigenvalue weighted by Gasteiger charge is -2.14. The number of aromatic nitrogens is 1. The standard InChI is InChI=1S/C11H9F6NO2/c1-2-20-7(19)4-5-3-6(9(12)13)8(10(14)18-5)11(15,16)17/h3,9H,2,4H2,1H3. The molecule has 0 unspecified atom stereocenters. The molecular formula is C11H9F6NO2. The average molecular weight is 301 g/mol. The van der Waals surface area contributed by atoms with E-state index >= 15 is 0 Å². The van der Waals surface area contributed by atoms with Gasteiger partial charge in [-0.05, 0) is 13.0 Å². The maximum absolute atomic E-state index is 13.3. The number of esters is 1. The zero-order chi connectivity index (χ0) is 15.5. The van der Waals surface area contributed by atoms with E-state index in [9.17, 15) is 31.1 Å². The molecule has 0 radical (unpaired) electrons. The predicted molar refractivity (Wildman–Crippen MR) is 54.5 cm³/mol. The number of carbonyl (C=O) groups excluding carboxylic acids is 1. The zero-order valence-electron chi connectivity index (χ0n) is 10.1. The second-order valence-corrected chi connectivity index (χ2v) is 3.65. The molecule has 20 heavy (non-hydrogen) atoms. The monoisotopic (exact) mass is 301 g/mol. The van der Waals surface area contributed by atoms with Gasteiger partial charge in [0.05, 0.1) is 18.7 Å². The first-order valence-corrected chi connectivity index (χ1v) is 5.37. The van der Waals surface area contributed by atoms with Crippen LogP contribution in [0.2, 0.25) is 0 Å². The predicted octanol–water partition coefficient (Wildman–Crippen LogP) is 3.28. The largest absolute Gasteiger partial charge is 0.466 e. The van der Waals surface area contributed by atoms with Crippen molar-refractivity contribution < 1.29 is 35.9 Å². The molecule has 0 aliphatic carbocycles. The van der Waals surface area contributed by atoms with Crippen molar-refractivity contribution in [1.82, 2.24) is 4.98 Å². The summed E-state index contributed by atoms with van der Waals surface area (Å²) in [5.41, 5.74) is -4.23. The average Bonchev–Trinajstić information content (AvgIpc) is 2.26. The lowest BCUT2D eigenvalue weighted by molar-refractivity contribution is -0.142. The van der Waals surface area contributed by atoms with Gasteiger partial charge in [-0.15, -0.1) is 0 Å². The Kier molecular flexibility index (Phi) is 4.96. The van der Waals surface area contributed by atoms with E-state index in [1.165, 1.54) is 6.92 Å². The zero-order valence-corrected chi connectivity index (χ0v) is 10.1. The SMILES string of the molecule is CCOC(=O)Cc1cc(C(F)F)c(C(F)(F)F)c(F)n1. The van der Waals surface area contributed by atoms with Crippen LogP contribution in [0.3, 0.4) is 0 Å². The molecule has 112 valence electrons. The summed E-state index contributed by atoms with van der Waals surface area (Å²) in [6, 6.07) is 0.355. The van der Waals surface area contributed by atoms with Gasteiger partial charge in [-0.1, -0.05) is 0 Å². The lowest BCUT2D eigenvalue weighted by atomic mass is 10.1. The van der Waals surface area contributed by atoms with Crippen LogP contribution >= 0.6 is 0 Å². The second-order valence-electron chi connectivity index (χ2n) is 3.65. The maximum atomic E-state index is 13.3. The van der Waals surface area contributed by atoms with Gasteiger partial charge in [0, 0.05) is 5.56 Å². The third-order valence-corrected chi connectivity index (χ3v) is 2.21. The number of ether oxygens (including phenoxy) is 1. The number of alkyl halides is 5. The molecule has 0 aliphatic rings. The fourth-order valence-electron chi connectivity index (χ4n) is 1.49. The number of pyridine rings is 1. The molecule has 0 aromatic carbocycles. The van der Waals surface area contributed by atoms with Crippen molar-refractivity contribution in [2.75, 3.05) is 6.61 Å². The van der Waals surface area contributed by atoms with Crippen LogP contribution in [0.4, 0.5) is 26.3 Å². The molecule has 0 bridgehead atoms. The third kappa shape index (κ3) is 3.84. The van der Waals surface area contributed by atoms with E-state index in [2.05, 4.69) is 9.72 Å². The summed E-state index contributed by atoms with van der Waals surface area (Å²) < 4.78 is 80.4. The van der Waals surface area contributed by atoms with Crippen LogP contribution in [-0.2, 0) is 22.1 Å². The van der Waals surface area contributed by atoms with Gasteiger partial charge in [-0.3, -0.25) is 4.79 Å². The van der Waals surface area contributed by atoms with Gasteiger partial charge in [-0.2, -0.15) is 17.6 Å². The summed E-state index contributed by atoms with van der Waals surface area (Å²) in [6.45, 7) is 1.47. The maximum Gasteiger partial charge on any atom is 0.421 e. The Balaban J connectivity index is 3.24. The lowest BCUT2D eigenvalue weighted by Crippen LogP contribution is -2.17. The Morgan fingerprint density at radius 3 is 2.45 bits per heavy atom. The first-order chi connectivity index (χ1) is 9.16. The molecule has 0 fully saturated rings. The molecule has 0 saturated carbocycles. The highest BCUT2D eigenvalue weighted by Crippen LogP contribution is 2.37. The third-order valence-electron chi connectivity index (χ3n) is 2.21. The minimum Gasteiger partial charge on any atom is -0.466 e. The molecule has 0 spiro atoms. The molecule has 3 nitrogen and oxygen atoms in total. The number of nitrogens with zero attached hydrogens (tertiary/aromatic N) is 1. The molecular weight excluding hydrogens is 292 g/mol. The first-order valence-electron chi connectivity index (χ1n) is 5.37. The summed E-state index contributed by atoms with van der Waals surface area (Å²) >= 11 is 0. The van der Waals surface area contributed by atoms with Gasteiger partial charge in [0.25, 0.3) is 6.43 Å². The summed E-state index contributed by atoms with van der Waals surface area (Å²) in [6.07, 6.45) is -9.54. The van der Waals surface area contributed by atoms with Crippen LogP contribution in [0, 0.1) is 5.95 Å². The molecule has 1 rings (SSSR count). The highest BCUT2D eigenvalue weighted by Gasteiger charge is 2.40. The molecule has 9 heteroatoms. The number of hydrogen-bond acceptors (Lipinski definition) is 3. The van der Waals surface area contributed by atoms with E-state index in [0.717, 1.165) is 0 Å². The van der Waals surface area contributed by atoms with Crippen molar-refractivity contribution in [3.63, 3.8) is 0 Å². The van der Waals surface area contributed by atoms with Crippen LogP contribution in [0.15, 0.2) is 6.07 Å². The van der Waals surface area contributed by atoms with Gasteiger partial charge in [-0.25, -0.2) is 13.8 Å². The van der Waals surface area contributed by atoms with Crippen LogP contribution in [0.5, 0.6) is 0 Å². The quantitative estimate of drug-likeness (QED) is 0.487. The Labute approximate surface area is 109 Å². The van der Waals surface area contributed by atoms with Crippen molar-refractivity contribution in [2.24, 2.45) is 0 Å². The molecule has 0 saturated heterocycles. The first kappa shape index (κ1) is 16.3. The van der Waals surface area contributed by atoms with Gasteiger partial charge in [0.2, 0.25) is 5.95 Å². The summed E-state index contributed by atoms with van der Waals surface area (Å²) in [4.78, 5) is 14.0. The van der Waals surface area contributed by atoms with E-state index in [4.69, 9.17) is 0 Å². The highest BCUT2D eigenvalue weighted by molar-refractivity contribution is 5.72. The Bertz CT molecular complexity index is 500. The van der Waals surface area contributed by atoms with Crippen LogP contribution < -0.4 is 0 Å². The summed E-state index contributed by atoms with van der Waals surface area (Å²) in [5.74, 6) is -2.99. The fourth-order valence-corrected chi connectivity index (χ4v) is 1.49. The van der Waals surface area contributed by atoms with E-state index < -0.39 is 47.8 Å². The number of carbonyl (C=O) groups is 1. The van der Waals surface area contributed by atoms with Gasteiger partial charge in [0.15, 0.2) is 0 Å². The minimum absolute atomic E-state index is 0.0103. The summed E-state index contributed by atoms with van der Waals surface area (Å²) in [7, 11) is 0. The van der Waals surface area contributed by atoms with E-state index in [-0.39, 0.29) is 6.61 Å². The van der Waals surface area contributed by atoms with Crippen molar-refractivity contribution in [1.29, 1.82) is 0 Å². The minimum atomic E-state index is -5.30. The number of hydrogen-bond donors (Lipinski definition) is 0. The summed E-state index contributed by atoms with van der Waals surface area (Å²) in [5, 5.41) is 0. The van der Waals surface area contributed by atoms with E-state index in [1.54, 1.807) is 0 Å². The molecule has 1 aromatic rings. The molecule has 0 amide bonds. The molecule has 1 heterocycles. The van der Waals surface area contributed by atoms with Crippen LogP contribution in [0.1, 0.15) is 30.2 Å². The van der Waals surface area contributed by atoms with Crippen molar-refractivity contribution >= 4 is 5.97 Å². The Morgan fingerprint density at radius 1 is 1.40 bits per heavy atom. The molecule has 0 N–H and O–H groups in total. The normalized spacial score (nSPS) is 11.8. The second kappa shape index (κ2) is 6.10. The van der Waals surface area contributed by atoms with Gasteiger partial charge >= 0.3 is 12.1 Å². The van der Waals surface area contributed by atoms with Crippen molar-refractivity contribution in [2.45, 2.75) is 25.9 Å². The number of rotatable bonds is 4. The van der Waals surface area contributed by atoms with E-state index in [1.807, 2.05) is 0 Å². The smallest absolute Gasteiger partial charge is 0.421 e. The van der Waals surface area contributed by atoms with Crippen LogP contribution in [-0.4, -0.2) is 17.6 Å². The van der Waals surface area contributed by atoms with E-state index in [0.29, 0.717) is 6.07 Å². The Morgan fingerprint density at radius 2 is 2.00 bits per heavy atom. The molecule has 1 aromatic heterocycles. The fraction of sp³-hybridized carbons (Fsp3) is 0.455. The number of halogens is 6. The van der Waals surface area contributed by atoms with Crippen LogP contribution in [0.25, 0.3) is 0 Å². The molecule has 0 atom stereocenters. The van der Waals surface area contributed by atoms with Crippen molar-refractivity contribution in [3.8, 4) is 0 Å². The topological polar surface area (TPSA) is 39.2 Å². The molecule has 0 aliphatic heterocycles. The van der Waals surface area contributed by atoms with Gasteiger partial charge in [0.1, 0.15) is 5.56 Å².